The van der Waals surface area contributed by atoms with Gasteiger partial charge >= 0.3 is 5.97 Å². The number of carbonyl (C=O) groups excluding carboxylic acids is 2. The van der Waals surface area contributed by atoms with Crippen LogP contribution >= 0.6 is 11.3 Å². The fraction of sp³-hybridized carbons (Fsp3) is 0.286. The molecule has 0 spiro atoms. The van der Waals surface area contributed by atoms with Crippen LogP contribution in [0.2, 0.25) is 0 Å². The summed E-state index contributed by atoms with van der Waals surface area (Å²) in [5, 5.41) is 0. The van der Waals surface area contributed by atoms with E-state index in [1.165, 1.54) is 18.4 Å². The monoisotopic (exact) mass is 414 g/mol. The van der Waals surface area contributed by atoms with E-state index in [-0.39, 0.29) is 6.54 Å². The zero-order valence-electron chi connectivity index (χ0n) is 16.5. The Balaban J connectivity index is 2.04. The summed E-state index contributed by atoms with van der Waals surface area (Å²) in [4.78, 5) is 29.3. The van der Waals surface area contributed by atoms with Crippen LogP contribution in [0.3, 0.4) is 0 Å². The number of methoxy groups -OCH3 is 1. The second-order valence-electron chi connectivity index (χ2n) is 5.98. The molecule has 0 N–H and O–H groups in total. The van der Waals surface area contributed by atoms with Crippen LogP contribution in [0, 0.1) is 0 Å². The third-order valence-corrected chi connectivity index (χ3v) is 5.13. The Kier molecular flexibility index (Phi) is 6.66. The average molecular weight is 414 g/mol. The lowest BCUT2D eigenvalue weighted by Crippen LogP contribution is -2.22. The van der Waals surface area contributed by atoms with Crippen LogP contribution in [0.5, 0.6) is 11.5 Å². The van der Waals surface area contributed by atoms with Gasteiger partial charge in [0.25, 0.3) is 5.91 Å². The van der Waals surface area contributed by atoms with Crippen molar-refractivity contribution in [3.63, 3.8) is 0 Å². The Hall–Kier alpha value is -3.13. The van der Waals surface area contributed by atoms with E-state index in [1.54, 1.807) is 28.8 Å². The zero-order chi connectivity index (χ0) is 20.8. The molecule has 7 nitrogen and oxygen atoms in total. The maximum absolute atomic E-state index is 12.7. The molecule has 29 heavy (non-hydrogen) atoms. The predicted octanol–water partition coefficient (Wildman–Crippen LogP) is 3.41. The first-order chi connectivity index (χ1) is 14.0. The highest BCUT2D eigenvalue weighted by atomic mass is 32.1. The number of thiazole rings is 1. The van der Waals surface area contributed by atoms with E-state index in [0.717, 1.165) is 16.0 Å². The van der Waals surface area contributed by atoms with Gasteiger partial charge in [-0.3, -0.25) is 9.59 Å². The van der Waals surface area contributed by atoms with Crippen molar-refractivity contribution < 1.29 is 23.8 Å². The number of esters is 1. The highest BCUT2D eigenvalue weighted by molar-refractivity contribution is 7.16. The number of ether oxygens (including phenoxy) is 3. The third-order valence-electron chi connectivity index (χ3n) is 4.09. The molecule has 1 aromatic heterocycles. The maximum Gasteiger partial charge on any atom is 0.325 e. The average Bonchev–Trinajstić information content (AvgIpc) is 3.05. The standard InChI is InChI=1S/C21H22N2O5S/c1-4-27-15-8-6-14(7-9-15)20(25)22-21-23(13-19(24)26-3)17-11-10-16(28-5-2)12-18(17)29-21/h6-12H,4-5,13H2,1-3H3. The van der Waals surface area contributed by atoms with Crippen molar-refractivity contribution in [3.05, 3.63) is 52.8 Å². The molecule has 8 heteroatoms. The maximum atomic E-state index is 12.7. The smallest absolute Gasteiger partial charge is 0.325 e. The molecule has 0 fully saturated rings. The van der Waals surface area contributed by atoms with Crippen molar-refractivity contribution in [2.75, 3.05) is 20.3 Å². The minimum atomic E-state index is -0.423. The summed E-state index contributed by atoms with van der Waals surface area (Å²) in [7, 11) is 1.33. The molecule has 1 amide bonds. The summed E-state index contributed by atoms with van der Waals surface area (Å²) in [6.45, 7) is 4.86. The van der Waals surface area contributed by atoms with Crippen LogP contribution in [0.1, 0.15) is 24.2 Å². The minimum absolute atomic E-state index is 0.0418. The first-order valence-electron chi connectivity index (χ1n) is 9.20. The van der Waals surface area contributed by atoms with Gasteiger partial charge in [-0.2, -0.15) is 4.99 Å². The zero-order valence-corrected chi connectivity index (χ0v) is 17.3. The second kappa shape index (κ2) is 9.38. The number of fused-ring (bicyclic) bond motifs is 1. The van der Waals surface area contributed by atoms with Gasteiger partial charge in [-0.05, 0) is 56.3 Å². The van der Waals surface area contributed by atoms with Crippen LogP contribution in [0.4, 0.5) is 0 Å². The number of amides is 1. The molecule has 3 aromatic rings. The first-order valence-corrected chi connectivity index (χ1v) is 10.0. The summed E-state index contributed by atoms with van der Waals surface area (Å²) >= 11 is 1.31. The van der Waals surface area contributed by atoms with Crippen LogP contribution < -0.4 is 14.3 Å². The van der Waals surface area contributed by atoms with Gasteiger partial charge in [0.1, 0.15) is 18.0 Å². The van der Waals surface area contributed by atoms with E-state index < -0.39 is 11.9 Å². The van der Waals surface area contributed by atoms with Crippen molar-refractivity contribution in [1.82, 2.24) is 4.57 Å². The Labute approximate surface area is 172 Å². The summed E-state index contributed by atoms with van der Waals surface area (Å²) < 4.78 is 18.3. The molecule has 1 heterocycles. The number of hydrogen-bond donors (Lipinski definition) is 0. The summed E-state index contributed by atoms with van der Waals surface area (Å²) in [6.07, 6.45) is 0. The Morgan fingerprint density at radius 3 is 2.31 bits per heavy atom. The molecule has 0 bridgehead atoms. The number of rotatable bonds is 7. The van der Waals surface area contributed by atoms with Crippen LogP contribution in [0.15, 0.2) is 47.5 Å². The third kappa shape index (κ3) is 4.83. The van der Waals surface area contributed by atoms with Crippen molar-refractivity contribution >= 4 is 33.4 Å². The van der Waals surface area contributed by atoms with E-state index >= 15 is 0 Å². The Morgan fingerprint density at radius 2 is 1.66 bits per heavy atom. The van der Waals surface area contributed by atoms with Crippen LogP contribution in [-0.2, 0) is 16.1 Å². The molecule has 0 aliphatic rings. The van der Waals surface area contributed by atoms with Gasteiger partial charge in [-0.1, -0.05) is 11.3 Å². The SMILES string of the molecule is CCOc1ccc(C(=O)N=c2sc3cc(OCC)ccc3n2CC(=O)OC)cc1. The Morgan fingerprint density at radius 1 is 1.00 bits per heavy atom. The number of carbonyl (C=O) groups is 2. The van der Waals surface area contributed by atoms with Gasteiger partial charge in [0, 0.05) is 5.56 Å². The lowest BCUT2D eigenvalue weighted by molar-refractivity contribution is -0.141. The first kappa shape index (κ1) is 20.6. The molecule has 152 valence electrons. The predicted molar refractivity (Wildman–Crippen MR) is 111 cm³/mol. The molecule has 0 radical (unpaired) electrons. The molecule has 0 saturated carbocycles. The van der Waals surface area contributed by atoms with E-state index in [4.69, 9.17) is 14.2 Å². The number of aromatic nitrogens is 1. The lowest BCUT2D eigenvalue weighted by atomic mass is 10.2. The molecule has 0 saturated heterocycles. The molecule has 0 atom stereocenters. The second-order valence-corrected chi connectivity index (χ2v) is 6.99. The van der Waals surface area contributed by atoms with Crippen molar-refractivity contribution in [1.29, 1.82) is 0 Å². The summed E-state index contributed by atoms with van der Waals surface area (Å²) in [6, 6.07) is 12.3. The molecule has 0 unspecified atom stereocenters. The fourth-order valence-electron chi connectivity index (χ4n) is 2.75. The van der Waals surface area contributed by atoms with E-state index in [9.17, 15) is 9.59 Å². The molecule has 0 aliphatic heterocycles. The normalized spacial score (nSPS) is 11.5. The lowest BCUT2D eigenvalue weighted by Gasteiger charge is -2.05. The van der Waals surface area contributed by atoms with Crippen molar-refractivity contribution in [2.45, 2.75) is 20.4 Å². The van der Waals surface area contributed by atoms with E-state index in [0.29, 0.717) is 29.3 Å². The largest absolute Gasteiger partial charge is 0.494 e. The van der Waals surface area contributed by atoms with E-state index in [2.05, 4.69) is 4.99 Å². The number of nitrogens with zero attached hydrogens (tertiary/aromatic N) is 2. The van der Waals surface area contributed by atoms with Gasteiger partial charge in [0.15, 0.2) is 4.80 Å². The topological polar surface area (TPSA) is 79.1 Å². The molecular formula is C21H22N2O5S. The molecule has 0 aliphatic carbocycles. The van der Waals surface area contributed by atoms with Gasteiger partial charge in [0.05, 0.1) is 30.5 Å². The summed E-state index contributed by atoms with van der Waals surface area (Å²) in [5.41, 5.74) is 1.22. The minimum Gasteiger partial charge on any atom is -0.494 e. The van der Waals surface area contributed by atoms with E-state index in [1.807, 2.05) is 32.0 Å². The van der Waals surface area contributed by atoms with Gasteiger partial charge < -0.3 is 18.8 Å². The summed E-state index contributed by atoms with van der Waals surface area (Å²) in [5.74, 6) is 0.586. The van der Waals surface area contributed by atoms with Crippen molar-refractivity contribution in [2.24, 2.45) is 4.99 Å². The van der Waals surface area contributed by atoms with Gasteiger partial charge in [0.2, 0.25) is 0 Å². The number of benzene rings is 2. The molecule has 3 rings (SSSR count). The van der Waals surface area contributed by atoms with Crippen LogP contribution in [0.25, 0.3) is 10.2 Å². The van der Waals surface area contributed by atoms with Crippen molar-refractivity contribution in [3.8, 4) is 11.5 Å². The quantitative estimate of drug-likeness (QED) is 0.554. The number of hydrogen-bond acceptors (Lipinski definition) is 6. The van der Waals surface area contributed by atoms with Crippen LogP contribution in [-0.4, -0.2) is 36.8 Å². The fourth-order valence-corrected chi connectivity index (χ4v) is 3.81. The Bertz CT molecular complexity index is 1080. The highest BCUT2D eigenvalue weighted by Gasteiger charge is 2.13. The molecule has 2 aromatic carbocycles. The highest BCUT2D eigenvalue weighted by Crippen LogP contribution is 2.23. The molecular weight excluding hydrogens is 392 g/mol. The van der Waals surface area contributed by atoms with Gasteiger partial charge in [-0.15, -0.1) is 0 Å². The van der Waals surface area contributed by atoms with Gasteiger partial charge in [-0.25, -0.2) is 0 Å².